The summed E-state index contributed by atoms with van der Waals surface area (Å²) in [4.78, 5) is 10.3. The van der Waals surface area contributed by atoms with E-state index in [0.29, 0.717) is 6.42 Å². The third kappa shape index (κ3) is 20.3. The minimum absolute atomic E-state index is 0. The van der Waals surface area contributed by atoms with Gasteiger partial charge in [0.15, 0.2) is 0 Å². The Balaban J connectivity index is 0. The van der Waals surface area contributed by atoms with Crippen LogP contribution in [0.2, 0.25) is 0 Å². The fraction of sp³-hybridized carbons (Fsp3) is 0.944. The molecule has 0 spiro atoms. The first-order chi connectivity index (χ1) is 10.2. The van der Waals surface area contributed by atoms with Gasteiger partial charge in [-0.25, -0.2) is 0 Å². The first-order valence-electron chi connectivity index (χ1n) is 9.06. The summed E-state index contributed by atoms with van der Waals surface area (Å²) in [6.07, 6.45) is 16.3. The van der Waals surface area contributed by atoms with Crippen LogP contribution in [0, 0.1) is 0 Å². The second kappa shape index (κ2) is 19.4. The number of hydrogen-bond donors (Lipinski definition) is 2. The van der Waals surface area contributed by atoms with Crippen LogP contribution in [0.4, 0.5) is 0 Å². The molecule has 3 nitrogen and oxygen atoms in total. The molecule has 1 unspecified atom stereocenters. The van der Waals surface area contributed by atoms with Crippen molar-refractivity contribution in [2.24, 2.45) is 0 Å². The number of unbranched alkanes of at least 4 members (excludes halogenated alkanes) is 10. The summed E-state index contributed by atoms with van der Waals surface area (Å²) in [6, 6.07) is 0. The molecule has 22 heavy (non-hydrogen) atoms. The normalized spacial score (nSPS) is 11.9. The van der Waals surface area contributed by atoms with Crippen molar-refractivity contribution in [1.29, 1.82) is 0 Å². The zero-order valence-corrected chi connectivity index (χ0v) is 16.9. The first kappa shape index (κ1) is 24.6. The van der Waals surface area contributed by atoms with Crippen LogP contribution in [0.3, 0.4) is 0 Å². The van der Waals surface area contributed by atoms with Crippen molar-refractivity contribution in [3.8, 4) is 0 Å². The number of rotatable bonds is 16. The molecule has 0 aliphatic carbocycles. The van der Waals surface area contributed by atoms with E-state index in [0.717, 1.165) is 38.5 Å². The van der Waals surface area contributed by atoms with Crippen LogP contribution in [-0.2, 0) is 31.0 Å². The maximum absolute atomic E-state index is 10.3. The van der Waals surface area contributed by atoms with Gasteiger partial charge in [-0.3, -0.25) is 4.79 Å². The molecular weight excluding hydrogens is 355 g/mol. The van der Waals surface area contributed by atoms with E-state index >= 15 is 0 Å². The molecule has 0 bridgehead atoms. The SMILES string of the molecule is CCCCCCC(O)CCCCCCCCCCC(=O)O.[Zr]. The fourth-order valence-corrected chi connectivity index (χ4v) is 2.67. The minimum atomic E-state index is -0.678. The average Bonchev–Trinajstić information content (AvgIpc) is 2.45. The zero-order chi connectivity index (χ0) is 15.8. The molecule has 0 saturated heterocycles. The Hall–Kier alpha value is 0.313. The predicted molar refractivity (Wildman–Crippen MR) is 88.6 cm³/mol. The minimum Gasteiger partial charge on any atom is -0.481 e. The number of carboxylic acid groups (broad SMARTS) is 1. The van der Waals surface area contributed by atoms with Crippen molar-refractivity contribution in [1.82, 2.24) is 0 Å². The molecule has 1 atom stereocenters. The quantitative estimate of drug-likeness (QED) is 0.351. The van der Waals surface area contributed by atoms with E-state index in [2.05, 4.69) is 6.92 Å². The molecule has 4 heteroatoms. The van der Waals surface area contributed by atoms with Crippen LogP contribution in [0.5, 0.6) is 0 Å². The third-order valence-corrected chi connectivity index (χ3v) is 4.07. The van der Waals surface area contributed by atoms with Crippen molar-refractivity contribution in [2.75, 3.05) is 0 Å². The molecular formula is C18H36O3Zr. The van der Waals surface area contributed by atoms with Gasteiger partial charge in [-0.2, -0.15) is 0 Å². The molecule has 0 aliphatic rings. The zero-order valence-electron chi connectivity index (χ0n) is 14.5. The maximum atomic E-state index is 10.3. The number of aliphatic hydroxyl groups is 1. The third-order valence-electron chi connectivity index (χ3n) is 4.07. The summed E-state index contributed by atoms with van der Waals surface area (Å²) in [5.74, 6) is -0.678. The molecule has 130 valence electrons. The van der Waals surface area contributed by atoms with Crippen LogP contribution in [0.1, 0.15) is 103 Å². The summed E-state index contributed by atoms with van der Waals surface area (Å²) in [7, 11) is 0. The van der Waals surface area contributed by atoms with E-state index in [4.69, 9.17) is 5.11 Å². The topological polar surface area (TPSA) is 57.5 Å². The van der Waals surface area contributed by atoms with E-state index in [1.165, 1.54) is 51.4 Å². The van der Waals surface area contributed by atoms with E-state index in [-0.39, 0.29) is 32.3 Å². The van der Waals surface area contributed by atoms with Crippen molar-refractivity contribution in [2.45, 2.75) is 109 Å². The Morgan fingerprint density at radius 1 is 0.773 bits per heavy atom. The summed E-state index contributed by atoms with van der Waals surface area (Å²) < 4.78 is 0. The number of carboxylic acids is 1. The Labute approximate surface area is 156 Å². The second-order valence-electron chi connectivity index (χ2n) is 6.26. The van der Waals surface area contributed by atoms with Gasteiger partial charge in [-0.1, -0.05) is 77.6 Å². The molecule has 2 N–H and O–H groups in total. The van der Waals surface area contributed by atoms with Crippen LogP contribution < -0.4 is 0 Å². The molecule has 0 fully saturated rings. The number of aliphatic hydroxyl groups excluding tert-OH is 1. The van der Waals surface area contributed by atoms with Crippen molar-refractivity contribution in [3.63, 3.8) is 0 Å². The van der Waals surface area contributed by atoms with Gasteiger partial charge in [0, 0.05) is 32.6 Å². The van der Waals surface area contributed by atoms with Gasteiger partial charge in [0.05, 0.1) is 6.10 Å². The summed E-state index contributed by atoms with van der Waals surface area (Å²) in [6.45, 7) is 2.21. The van der Waals surface area contributed by atoms with Gasteiger partial charge in [-0.15, -0.1) is 0 Å². The van der Waals surface area contributed by atoms with Gasteiger partial charge in [0.25, 0.3) is 0 Å². The van der Waals surface area contributed by atoms with Crippen LogP contribution in [0.25, 0.3) is 0 Å². The predicted octanol–water partition coefficient (Wildman–Crippen LogP) is 5.30. The number of hydrogen-bond acceptors (Lipinski definition) is 2. The van der Waals surface area contributed by atoms with E-state index in [9.17, 15) is 9.90 Å². The number of carbonyl (C=O) groups is 1. The maximum Gasteiger partial charge on any atom is 0.303 e. The molecule has 0 heterocycles. The Kier molecular flexibility index (Phi) is 21.6. The average molecular weight is 392 g/mol. The number of aliphatic carboxylic acids is 1. The van der Waals surface area contributed by atoms with Gasteiger partial charge in [-0.05, 0) is 19.3 Å². The summed E-state index contributed by atoms with van der Waals surface area (Å²) in [5, 5.41) is 18.4. The van der Waals surface area contributed by atoms with Crippen molar-refractivity contribution < 1.29 is 41.2 Å². The second-order valence-corrected chi connectivity index (χ2v) is 6.26. The Morgan fingerprint density at radius 3 is 1.64 bits per heavy atom. The van der Waals surface area contributed by atoms with Crippen LogP contribution in [0.15, 0.2) is 0 Å². The molecule has 0 aromatic carbocycles. The monoisotopic (exact) mass is 390 g/mol. The largest absolute Gasteiger partial charge is 0.481 e. The molecule has 0 radical (unpaired) electrons. The van der Waals surface area contributed by atoms with Gasteiger partial charge < -0.3 is 10.2 Å². The van der Waals surface area contributed by atoms with E-state index < -0.39 is 5.97 Å². The first-order valence-corrected chi connectivity index (χ1v) is 9.06. The van der Waals surface area contributed by atoms with E-state index in [1.807, 2.05) is 0 Å². The van der Waals surface area contributed by atoms with Gasteiger partial charge in [0.1, 0.15) is 0 Å². The van der Waals surface area contributed by atoms with E-state index in [1.54, 1.807) is 0 Å². The van der Waals surface area contributed by atoms with Gasteiger partial charge >= 0.3 is 5.97 Å². The van der Waals surface area contributed by atoms with Gasteiger partial charge in [0.2, 0.25) is 0 Å². The molecule has 0 saturated carbocycles. The summed E-state index contributed by atoms with van der Waals surface area (Å²) >= 11 is 0. The molecule has 0 aliphatic heterocycles. The fourth-order valence-electron chi connectivity index (χ4n) is 2.67. The van der Waals surface area contributed by atoms with Crippen molar-refractivity contribution >= 4 is 5.97 Å². The smallest absolute Gasteiger partial charge is 0.303 e. The Bertz CT molecular complexity index is 234. The standard InChI is InChI=1S/C18H36O3.Zr/c1-2-3-4-11-14-17(19)15-12-9-7-5-6-8-10-13-16-18(20)21;/h17,19H,2-16H2,1H3,(H,20,21);. The van der Waals surface area contributed by atoms with Crippen LogP contribution >= 0.6 is 0 Å². The summed E-state index contributed by atoms with van der Waals surface area (Å²) in [5.41, 5.74) is 0. The van der Waals surface area contributed by atoms with Crippen LogP contribution in [-0.4, -0.2) is 22.3 Å². The van der Waals surface area contributed by atoms with Crippen molar-refractivity contribution in [3.05, 3.63) is 0 Å². The molecule has 0 rings (SSSR count). The molecule has 0 aromatic heterocycles. The Morgan fingerprint density at radius 2 is 1.18 bits per heavy atom. The molecule has 0 amide bonds. The molecule has 0 aromatic rings.